The molecule has 0 saturated carbocycles. The summed E-state index contributed by atoms with van der Waals surface area (Å²) in [6, 6.07) is 13.0. The van der Waals surface area contributed by atoms with Gasteiger partial charge in [-0.1, -0.05) is 23.8 Å². The second-order valence-electron chi connectivity index (χ2n) is 5.13. The maximum Gasteiger partial charge on any atom is 0.259 e. The number of halogens is 1. The molecule has 106 valence electrons. The second kappa shape index (κ2) is 5.45. The van der Waals surface area contributed by atoms with Gasteiger partial charge < -0.3 is 4.90 Å². The van der Waals surface area contributed by atoms with E-state index in [1.54, 1.807) is 11.0 Å². The molecular weight excluding hydrogens is 330 g/mol. The quantitative estimate of drug-likeness (QED) is 0.784. The predicted molar refractivity (Wildman–Crippen MR) is 85.9 cm³/mol. The third-order valence-electron chi connectivity index (χ3n) is 3.66. The van der Waals surface area contributed by atoms with Crippen molar-refractivity contribution in [3.63, 3.8) is 0 Å². The number of Topliss-reactive ketones (excluding diaryl/α,β-unsaturated/α-hetero) is 1. The van der Waals surface area contributed by atoms with Crippen LogP contribution in [0.15, 0.2) is 46.9 Å². The molecule has 0 N–H and O–H groups in total. The van der Waals surface area contributed by atoms with Gasteiger partial charge in [-0.3, -0.25) is 9.59 Å². The molecule has 1 aliphatic rings. The predicted octanol–water partition coefficient (Wildman–Crippen LogP) is 3.99. The van der Waals surface area contributed by atoms with E-state index in [4.69, 9.17) is 0 Å². The van der Waals surface area contributed by atoms with Crippen molar-refractivity contribution in [2.45, 2.75) is 13.3 Å². The van der Waals surface area contributed by atoms with Gasteiger partial charge >= 0.3 is 0 Å². The van der Waals surface area contributed by atoms with Crippen LogP contribution in [0.2, 0.25) is 0 Å². The smallest absolute Gasteiger partial charge is 0.259 e. The van der Waals surface area contributed by atoms with Gasteiger partial charge in [0.1, 0.15) is 0 Å². The third kappa shape index (κ3) is 2.51. The summed E-state index contributed by atoms with van der Waals surface area (Å²) in [5.41, 5.74) is 2.98. The summed E-state index contributed by atoms with van der Waals surface area (Å²) in [5.74, 6) is 0.0185. The van der Waals surface area contributed by atoms with E-state index >= 15 is 0 Å². The lowest BCUT2D eigenvalue weighted by Crippen LogP contribution is -2.37. The van der Waals surface area contributed by atoms with Gasteiger partial charge in [-0.05, 0) is 47.1 Å². The molecule has 2 aromatic carbocycles. The fourth-order valence-electron chi connectivity index (χ4n) is 2.57. The standard InChI is InChI=1S/C17H14BrNO2/c1-11-6-7-15-13(10-11)16(20)8-9-19(15)17(21)12-4-2-3-5-14(12)18/h2-7,10H,8-9H2,1H3. The Balaban J connectivity index is 2.06. The van der Waals surface area contributed by atoms with E-state index in [-0.39, 0.29) is 11.7 Å². The van der Waals surface area contributed by atoms with E-state index in [0.717, 1.165) is 10.0 Å². The number of amides is 1. The van der Waals surface area contributed by atoms with Gasteiger partial charge in [-0.25, -0.2) is 0 Å². The van der Waals surface area contributed by atoms with Crippen molar-refractivity contribution in [1.82, 2.24) is 0 Å². The van der Waals surface area contributed by atoms with Crippen LogP contribution in [0.25, 0.3) is 0 Å². The highest BCUT2D eigenvalue weighted by atomic mass is 79.9. The number of ketones is 1. The van der Waals surface area contributed by atoms with Gasteiger partial charge in [0, 0.05) is 23.0 Å². The SMILES string of the molecule is Cc1ccc2c(c1)C(=O)CCN2C(=O)c1ccccc1Br. The average molecular weight is 344 g/mol. The van der Waals surface area contributed by atoms with Gasteiger partial charge in [-0.15, -0.1) is 0 Å². The molecule has 0 unspecified atom stereocenters. The van der Waals surface area contributed by atoms with Crippen LogP contribution < -0.4 is 4.90 Å². The summed E-state index contributed by atoms with van der Waals surface area (Å²) in [4.78, 5) is 26.5. The summed E-state index contributed by atoms with van der Waals surface area (Å²) in [6.07, 6.45) is 0.368. The van der Waals surface area contributed by atoms with Crippen molar-refractivity contribution in [1.29, 1.82) is 0 Å². The van der Waals surface area contributed by atoms with Gasteiger partial charge in [-0.2, -0.15) is 0 Å². The van der Waals surface area contributed by atoms with Crippen LogP contribution >= 0.6 is 15.9 Å². The van der Waals surface area contributed by atoms with Crippen molar-refractivity contribution in [3.8, 4) is 0 Å². The van der Waals surface area contributed by atoms with Crippen LogP contribution in [0, 0.1) is 6.92 Å². The molecule has 21 heavy (non-hydrogen) atoms. The third-order valence-corrected chi connectivity index (χ3v) is 4.35. The van der Waals surface area contributed by atoms with Crippen molar-refractivity contribution < 1.29 is 9.59 Å². The zero-order chi connectivity index (χ0) is 15.0. The van der Waals surface area contributed by atoms with Crippen LogP contribution in [0.5, 0.6) is 0 Å². The maximum absolute atomic E-state index is 12.8. The zero-order valence-corrected chi connectivity index (χ0v) is 13.2. The number of anilines is 1. The molecule has 1 aliphatic heterocycles. The molecule has 4 heteroatoms. The summed E-state index contributed by atoms with van der Waals surface area (Å²) >= 11 is 3.41. The van der Waals surface area contributed by atoms with E-state index in [0.29, 0.717) is 29.8 Å². The van der Waals surface area contributed by atoms with Crippen LogP contribution in [0.1, 0.15) is 32.7 Å². The lowest BCUT2D eigenvalue weighted by Gasteiger charge is -2.29. The van der Waals surface area contributed by atoms with E-state index in [1.807, 2.05) is 43.3 Å². The van der Waals surface area contributed by atoms with Gasteiger partial charge in [0.05, 0.1) is 11.3 Å². The Bertz CT molecular complexity index is 739. The summed E-state index contributed by atoms with van der Waals surface area (Å²) in [5, 5.41) is 0. The molecule has 0 aromatic heterocycles. The molecule has 1 heterocycles. The normalized spacial score (nSPS) is 14.0. The highest BCUT2D eigenvalue weighted by molar-refractivity contribution is 9.10. The molecular formula is C17H14BrNO2. The Morgan fingerprint density at radius 3 is 2.71 bits per heavy atom. The molecule has 0 radical (unpaired) electrons. The van der Waals surface area contributed by atoms with E-state index < -0.39 is 0 Å². The fourth-order valence-corrected chi connectivity index (χ4v) is 3.02. The monoisotopic (exact) mass is 343 g/mol. The Morgan fingerprint density at radius 2 is 1.95 bits per heavy atom. The first-order chi connectivity index (χ1) is 10.1. The topological polar surface area (TPSA) is 37.4 Å². The van der Waals surface area contributed by atoms with E-state index in [2.05, 4.69) is 15.9 Å². The Hall–Kier alpha value is -1.94. The van der Waals surface area contributed by atoms with Crippen LogP contribution in [0.3, 0.4) is 0 Å². The number of hydrogen-bond acceptors (Lipinski definition) is 2. The van der Waals surface area contributed by atoms with Crippen LogP contribution in [0.4, 0.5) is 5.69 Å². The maximum atomic E-state index is 12.8. The first kappa shape index (κ1) is 14.0. The summed E-state index contributed by atoms with van der Waals surface area (Å²) in [6.45, 7) is 2.37. The Kier molecular flexibility index (Phi) is 3.64. The van der Waals surface area contributed by atoms with Crippen LogP contribution in [-0.4, -0.2) is 18.2 Å². The van der Waals surface area contributed by atoms with Gasteiger partial charge in [0.2, 0.25) is 0 Å². The fraction of sp³-hybridized carbons (Fsp3) is 0.176. The Morgan fingerprint density at radius 1 is 1.19 bits per heavy atom. The number of rotatable bonds is 1. The van der Waals surface area contributed by atoms with E-state index in [1.165, 1.54) is 0 Å². The number of aryl methyl sites for hydroxylation is 1. The van der Waals surface area contributed by atoms with Crippen molar-refractivity contribution >= 4 is 33.3 Å². The largest absolute Gasteiger partial charge is 0.307 e. The molecule has 3 nitrogen and oxygen atoms in total. The van der Waals surface area contributed by atoms with Crippen LogP contribution in [-0.2, 0) is 0 Å². The molecule has 0 aliphatic carbocycles. The molecule has 2 aromatic rings. The Labute approximate surface area is 131 Å². The molecule has 3 rings (SSSR count). The zero-order valence-electron chi connectivity index (χ0n) is 11.6. The molecule has 0 atom stereocenters. The minimum absolute atomic E-state index is 0.0833. The molecule has 1 amide bonds. The highest BCUT2D eigenvalue weighted by Crippen LogP contribution is 2.30. The molecule has 0 spiro atoms. The average Bonchev–Trinajstić information content (AvgIpc) is 2.48. The lowest BCUT2D eigenvalue weighted by molar-refractivity contribution is 0.0954. The summed E-state index contributed by atoms with van der Waals surface area (Å²) in [7, 11) is 0. The minimum atomic E-state index is -0.0833. The molecule has 0 fully saturated rings. The second-order valence-corrected chi connectivity index (χ2v) is 5.98. The number of carbonyl (C=O) groups is 2. The number of nitrogens with zero attached hydrogens (tertiary/aromatic N) is 1. The number of hydrogen-bond donors (Lipinski definition) is 0. The minimum Gasteiger partial charge on any atom is -0.307 e. The van der Waals surface area contributed by atoms with Crippen molar-refractivity contribution in [2.24, 2.45) is 0 Å². The van der Waals surface area contributed by atoms with Gasteiger partial charge in [0.25, 0.3) is 5.91 Å². The number of fused-ring (bicyclic) bond motifs is 1. The summed E-state index contributed by atoms with van der Waals surface area (Å²) < 4.78 is 0.764. The molecule has 0 bridgehead atoms. The van der Waals surface area contributed by atoms with E-state index in [9.17, 15) is 9.59 Å². The van der Waals surface area contributed by atoms with Gasteiger partial charge in [0.15, 0.2) is 5.78 Å². The first-order valence-corrected chi connectivity index (χ1v) is 7.57. The van der Waals surface area contributed by atoms with Crippen molar-refractivity contribution in [3.05, 3.63) is 63.6 Å². The number of carbonyl (C=O) groups excluding carboxylic acids is 2. The highest BCUT2D eigenvalue weighted by Gasteiger charge is 2.28. The van der Waals surface area contributed by atoms with Crippen molar-refractivity contribution in [2.75, 3.05) is 11.4 Å². The lowest BCUT2D eigenvalue weighted by atomic mass is 9.97. The molecule has 0 saturated heterocycles. The first-order valence-electron chi connectivity index (χ1n) is 6.78. The number of benzene rings is 2.